The van der Waals surface area contributed by atoms with Gasteiger partial charge in [-0.05, 0) is 36.0 Å². The van der Waals surface area contributed by atoms with Gasteiger partial charge in [0.25, 0.3) is 0 Å². The molecule has 0 radical (unpaired) electrons. The van der Waals surface area contributed by atoms with Crippen molar-refractivity contribution in [3.05, 3.63) is 35.4 Å². The number of methoxy groups -OCH3 is 1. The van der Waals surface area contributed by atoms with Gasteiger partial charge in [-0.2, -0.15) is 0 Å². The van der Waals surface area contributed by atoms with Crippen molar-refractivity contribution in [1.82, 2.24) is 4.90 Å². The summed E-state index contributed by atoms with van der Waals surface area (Å²) in [4.78, 5) is 38.4. The van der Waals surface area contributed by atoms with E-state index in [0.29, 0.717) is 23.9 Å². The summed E-state index contributed by atoms with van der Waals surface area (Å²) < 4.78 is 10.1. The largest absolute Gasteiger partial charge is 0.465 e. The molecule has 1 aliphatic heterocycles. The first-order valence-electron chi connectivity index (χ1n) is 10.0. The average Bonchev–Trinajstić information content (AvgIpc) is 3.09. The van der Waals surface area contributed by atoms with Crippen molar-refractivity contribution in [2.75, 3.05) is 13.7 Å². The third-order valence-electron chi connectivity index (χ3n) is 6.31. The van der Waals surface area contributed by atoms with Crippen LogP contribution in [0.1, 0.15) is 55.5 Å². The molecule has 0 spiro atoms. The number of nitrogens with zero attached hydrogens (tertiary/aromatic N) is 1. The highest BCUT2D eigenvalue weighted by molar-refractivity contribution is 5.89. The van der Waals surface area contributed by atoms with Crippen molar-refractivity contribution in [3.63, 3.8) is 0 Å². The molecule has 0 bridgehead atoms. The zero-order chi connectivity index (χ0) is 20.3. The third kappa shape index (κ3) is 4.37. The topological polar surface area (TPSA) is 72.9 Å². The number of hydrogen-bond acceptors (Lipinski definition) is 5. The summed E-state index contributed by atoms with van der Waals surface area (Å²) in [6.07, 6.45) is 3.60. The number of benzene rings is 1. The Bertz CT molecular complexity index is 729. The number of amides is 1. The molecule has 28 heavy (non-hydrogen) atoms. The monoisotopic (exact) mass is 387 g/mol. The first kappa shape index (κ1) is 20.4. The number of carbonyl (C=O) groups is 3. The van der Waals surface area contributed by atoms with Gasteiger partial charge in [0.1, 0.15) is 6.61 Å². The van der Waals surface area contributed by atoms with Crippen LogP contribution in [0.3, 0.4) is 0 Å². The van der Waals surface area contributed by atoms with Crippen LogP contribution in [0.2, 0.25) is 0 Å². The lowest BCUT2D eigenvalue weighted by molar-refractivity contribution is -0.149. The summed E-state index contributed by atoms with van der Waals surface area (Å²) in [6.45, 7) is 5.04. The number of carbonyl (C=O) groups excluding carboxylic acids is 3. The molecule has 1 aromatic carbocycles. The highest BCUT2D eigenvalue weighted by Crippen LogP contribution is 2.36. The maximum atomic E-state index is 12.5. The van der Waals surface area contributed by atoms with Gasteiger partial charge >= 0.3 is 11.9 Å². The van der Waals surface area contributed by atoms with Gasteiger partial charge in [-0.15, -0.1) is 0 Å². The van der Waals surface area contributed by atoms with Crippen LogP contribution in [-0.4, -0.2) is 42.4 Å². The number of likely N-dealkylation sites (tertiary alicyclic amines) is 1. The van der Waals surface area contributed by atoms with Crippen LogP contribution in [0.4, 0.5) is 0 Å². The van der Waals surface area contributed by atoms with E-state index in [1.54, 1.807) is 24.3 Å². The van der Waals surface area contributed by atoms with Gasteiger partial charge in [0.05, 0.1) is 18.6 Å². The highest BCUT2D eigenvalue weighted by Gasteiger charge is 2.42. The van der Waals surface area contributed by atoms with Gasteiger partial charge in [-0.1, -0.05) is 38.8 Å². The third-order valence-corrected chi connectivity index (χ3v) is 6.31. The molecule has 6 nitrogen and oxygen atoms in total. The fraction of sp³-hybridized carbons (Fsp3) is 0.591. The fourth-order valence-corrected chi connectivity index (χ4v) is 4.33. The van der Waals surface area contributed by atoms with Gasteiger partial charge in [-0.25, -0.2) is 4.79 Å². The molecule has 1 amide bonds. The maximum absolute atomic E-state index is 12.5. The lowest BCUT2D eigenvalue weighted by Gasteiger charge is -2.39. The lowest BCUT2D eigenvalue weighted by atomic mass is 9.77. The predicted octanol–water partition coefficient (Wildman–Crippen LogP) is 3.19. The molecule has 1 aliphatic carbocycles. The standard InChI is InChI=1S/C22H29NO5/c1-14-5-4-6-19(15(14)2)23-12-18(11-20(23)24)22(26)28-13-16-7-9-17(10-8-16)21(25)27-3/h7-10,14-15,18-19H,4-6,11-13H2,1-3H3/t14-,15-,18-,19+/m1/s1. The Labute approximate surface area is 166 Å². The van der Waals surface area contributed by atoms with Gasteiger partial charge in [0.15, 0.2) is 0 Å². The first-order chi connectivity index (χ1) is 13.4. The summed E-state index contributed by atoms with van der Waals surface area (Å²) in [6, 6.07) is 6.98. The Morgan fingerprint density at radius 2 is 1.86 bits per heavy atom. The minimum atomic E-state index is -0.403. The van der Waals surface area contributed by atoms with Crippen molar-refractivity contribution in [3.8, 4) is 0 Å². The number of rotatable bonds is 5. The van der Waals surface area contributed by atoms with Gasteiger partial charge in [0.2, 0.25) is 5.91 Å². The zero-order valence-electron chi connectivity index (χ0n) is 16.8. The number of esters is 2. The van der Waals surface area contributed by atoms with Crippen LogP contribution in [0.5, 0.6) is 0 Å². The van der Waals surface area contributed by atoms with Gasteiger partial charge in [-0.3, -0.25) is 9.59 Å². The van der Waals surface area contributed by atoms with Crippen LogP contribution in [0.25, 0.3) is 0 Å². The highest BCUT2D eigenvalue weighted by atomic mass is 16.5. The predicted molar refractivity (Wildman–Crippen MR) is 103 cm³/mol. The summed E-state index contributed by atoms with van der Waals surface area (Å²) in [5.41, 5.74) is 1.24. The van der Waals surface area contributed by atoms with Gasteiger partial charge < -0.3 is 14.4 Å². The van der Waals surface area contributed by atoms with E-state index in [1.165, 1.54) is 13.5 Å². The molecule has 2 aliphatic rings. The van der Waals surface area contributed by atoms with E-state index in [-0.39, 0.29) is 30.9 Å². The minimum Gasteiger partial charge on any atom is -0.465 e. The molecule has 3 rings (SSSR count). The molecule has 6 heteroatoms. The van der Waals surface area contributed by atoms with E-state index in [4.69, 9.17) is 4.74 Å². The molecular weight excluding hydrogens is 358 g/mol. The quantitative estimate of drug-likeness (QED) is 0.726. The number of hydrogen-bond donors (Lipinski definition) is 0. The van der Waals surface area contributed by atoms with Crippen LogP contribution in [0, 0.1) is 17.8 Å². The second-order valence-electron chi connectivity index (χ2n) is 8.08. The van der Waals surface area contributed by atoms with E-state index >= 15 is 0 Å². The van der Waals surface area contributed by atoms with Crippen LogP contribution in [-0.2, 0) is 25.7 Å². The molecule has 0 unspecified atom stereocenters. The Morgan fingerprint density at radius 3 is 2.54 bits per heavy atom. The van der Waals surface area contributed by atoms with Gasteiger partial charge in [0, 0.05) is 19.0 Å². The molecule has 1 saturated carbocycles. The Balaban J connectivity index is 1.54. The molecule has 1 heterocycles. The normalized spacial score (nSPS) is 27.5. The first-order valence-corrected chi connectivity index (χ1v) is 10.0. The molecule has 2 fully saturated rings. The molecule has 0 N–H and O–H groups in total. The zero-order valence-corrected chi connectivity index (χ0v) is 16.8. The molecular formula is C22H29NO5. The van der Waals surface area contributed by atoms with Crippen LogP contribution in [0.15, 0.2) is 24.3 Å². The van der Waals surface area contributed by atoms with Crippen molar-refractivity contribution in [2.24, 2.45) is 17.8 Å². The number of ether oxygens (including phenoxy) is 2. The summed E-state index contributed by atoms with van der Waals surface area (Å²) in [7, 11) is 1.33. The minimum absolute atomic E-state index is 0.0651. The van der Waals surface area contributed by atoms with Crippen LogP contribution >= 0.6 is 0 Å². The van der Waals surface area contributed by atoms with Crippen molar-refractivity contribution in [2.45, 2.75) is 52.2 Å². The molecule has 0 aromatic heterocycles. The summed E-state index contributed by atoms with van der Waals surface area (Å²) in [5.74, 6) is -0.00307. The fourth-order valence-electron chi connectivity index (χ4n) is 4.33. The molecule has 1 aromatic rings. The Hall–Kier alpha value is -2.37. The SMILES string of the molecule is COC(=O)c1ccc(COC(=O)[C@@H]2CC(=O)N([C@H]3CCC[C@@H](C)[C@H]3C)C2)cc1. The van der Waals surface area contributed by atoms with E-state index in [1.807, 2.05) is 4.90 Å². The second kappa shape index (κ2) is 8.76. The van der Waals surface area contributed by atoms with Crippen molar-refractivity contribution >= 4 is 17.8 Å². The Kier molecular flexibility index (Phi) is 6.37. The van der Waals surface area contributed by atoms with E-state index in [2.05, 4.69) is 18.6 Å². The Morgan fingerprint density at radius 1 is 1.14 bits per heavy atom. The lowest BCUT2D eigenvalue weighted by Crippen LogP contribution is -2.45. The van der Waals surface area contributed by atoms with E-state index in [0.717, 1.165) is 18.4 Å². The summed E-state index contributed by atoms with van der Waals surface area (Å²) >= 11 is 0. The summed E-state index contributed by atoms with van der Waals surface area (Å²) in [5, 5.41) is 0. The average molecular weight is 387 g/mol. The maximum Gasteiger partial charge on any atom is 0.337 e. The van der Waals surface area contributed by atoms with E-state index < -0.39 is 11.9 Å². The van der Waals surface area contributed by atoms with Crippen LogP contribution < -0.4 is 0 Å². The second-order valence-corrected chi connectivity index (χ2v) is 8.08. The molecule has 1 saturated heterocycles. The molecule has 4 atom stereocenters. The smallest absolute Gasteiger partial charge is 0.337 e. The molecule has 152 valence electrons. The van der Waals surface area contributed by atoms with E-state index in [9.17, 15) is 14.4 Å². The van der Waals surface area contributed by atoms with Crippen molar-refractivity contribution < 1.29 is 23.9 Å². The van der Waals surface area contributed by atoms with Crippen molar-refractivity contribution in [1.29, 1.82) is 0 Å².